The van der Waals surface area contributed by atoms with Gasteiger partial charge in [-0.3, -0.25) is 4.79 Å². The second-order valence-electron chi connectivity index (χ2n) is 5.83. The van der Waals surface area contributed by atoms with Gasteiger partial charge in [0.25, 0.3) is 5.91 Å². The van der Waals surface area contributed by atoms with Crippen molar-refractivity contribution in [1.82, 2.24) is 5.32 Å². The number of benzene rings is 1. The van der Waals surface area contributed by atoms with Crippen LogP contribution in [0, 0.1) is 11.8 Å². The first-order valence-corrected chi connectivity index (χ1v) is 7.78. The molecule has 0 heterocycles. The van der Waals surface area contributed by atoms with E-state index in [9.17, 15) is 4.79 Å². The first-order valence-electron chi connectivity index (χ1n) is 7.40. The number of carbonyl (C=O) groups excluding carboxylic acids is 1. The van der Waals surface area contributed by atoms with Crippen LogP contribution in [0.2, 0.25) is 5.02 Å². The zero-order valence-corrected chi connectivity index (χ0v) is 12.5. The zero-order chi connectivity index (χ0) is 14.1. The largest absolute Gasteiger partial charge is 0.492 e. The van der Waals surface area contributed by atoms with Crippen LogP contribution in [0.3, 0.4) is 0 Å². The molecule has 2 fully saturated rings. The minimum atomic E-state index is -0.0208. The van der Waals surface area contributed by atoms with Crippen LogP contribution in [-0.4, -0.2) is 18.6 Å². The van der Waals surface area contributed by atoms with Crippen molar-refractivity contribution in [3.8, 4) is 5.75 Å². The normalized spacial score (nSPS) is 27.6. The highest BCUT2D eigenvalue weighted by Gasteiger charge is 2.40. The maximum absolute atomic E-state index is 12.3. The summed E-state index contributed by atoms with van der Waals surface area (Å²) in [5.74, 6) is 2.12. The fourth-order valence-corrected chi connectivity index (χ4v) is 3.82. The van der Waals surface area contributed by atoms with Gasteiger partial charge in [0.1, 0.15) is 5.75 Å². The Kier molecular flexibility index (Phi) is 3.88. The third kappa shape index (κ3) is 2.64. The van der Waals surface area contributed by atoms with Gasteiger partial charge in [0.05, 0.1) is 11.6 Å². The number of hydrogen-bond donors (Lipinski definition) is 1. The third-order valence-electron chi connectivity index (χ3n) is 4.55. The number of amides is 1. The van der Waals surface area contributed by atoms with Crippen molar-refractivity contribution < 1.29 is 9.53 Å². The Morgan fingerprint density at radius 1 is 1.40 bits per heavy atom. The predicted octanol–water partition coefficient (Wildman–Crippen LogP) is 3.66. The lowest BCUT2D eigenvalue weighted by Gasteiger charge is -2.23. The van der Waals surface area contributed by atoms with E-state index in [4.69, 9.17) is 16.3 Å². The molecule has 2 saturated carbocycles. The summed E-state index contributed by atoms with van der Waals surface area (Å²) in [4.78, 5) is 12.3. The van der Waals surface area contributed by atoms with Gasteiger partial charge < -0.3 is 10.1 Å². The van der Waals surface area contributed by atoms with E-state index < -0.39 is 0 Å². The van der Waals surface area contributed by atoms with E-state index in [-0.39, 0.29) is 5.91 Å². The van der Waals surface area contributed by atoms with Gasteiger partial charge in [-0.25, -0.2) is 0 Å². The summed E-state index contributed by atoms with van der Waals surface area (Å²) in [6.45, 7) is 2.47. The van der Waals surface area contributed by atoms with E-state index in [1.165, 1.54) is 19.3 Å². The minimum Gasteiger partial charge on any atom is -0.492 e. The van der Waals surface area contributed by atoms with Gasteiger partial charge in [-0.1, -0.05) is 18.0 Å². The molecule has 20 heavy (non-hydrogen) atoms. The molecule has 2 aliphatic carbocycles. The van der Waals surface area contributed by atoms with Crippen LogP contribution in [0.5, 0.6) is 5.75 Å². The van der Waals surface area contributed by atoms with Crippen molar-refractivity contribution in [3.05, 3.63) is 28.8 Å². The van der Waals surface area contributed by atoms with Gasteiger partial charge in [-0.2, -0.15) is 0 Å². The van der Waals surface area contributed by atoms with E-state index in [1.54, 1.807) is 18.2 Å². The lowest BCUT2D eigenvalue weighted by atomic mass is 9.95. The van der Waals surface area contributed by atoms with E-state index in [0.717, 1.165) is 12.3 Å². The summed E-state index contributed by atoms with van der Waals surface area (Å²) in [6.07, 6.45) is 5.03. The van der Waals surface area contributed by atoms with Gasteiger partial charge in [0, 0.05) is 11.6 Å². The highest BCUT2D eigenvalue weighted by atomic mass is 35.5. The average Bonchev–Trinajstić information content (AvgIpc) is 3.03. The van der Waals surface area contributed by atoms with Crippen LogP contribution < -0.4 is 10.1 Å². The monoisotopic (exact) mass is 293 g/mol. The second kappa shape index (κ2) is 5.65. The molecule has 0 aromatic heterocycles. The minimum absolute atomic E-state index is 0.0208. The number of fused-ring (bicyclic) bond motifs is 2. The van der Waals surface area contributed by atoms with Crippen LogP contribution in [0.4, 0.5) is 0 Å². The Hall–Kier alpha value is -1.22. The summed E-state index contributed by atoms with van der Waals surface area (Å²) >= 11 is 6.13. The van der Waals surface area contributed by atoms with Crippen molar-refractivity contribution in [2.45, 2.75) is 38.6 Å². The molecule has 1 amide bonds. The van der Waals surface area contributed by atoms with Gasteiger partial charge in [-0.15, -0.1) is 0 Å². The van der Waals surface area contributed by atoms with Crippen molar-refractivity contribution in [2.75, 3.05) is 6.61 Å². The third-order valence-corrected chi connectivity index (χ3v) is 4.84. The number of ether oxygens (including phenoxy) is 1. The van der Waals surface area contributed by atoms with Crippen molar-refractivity contribution in [3.63, 3.8) is 0 Å². The van der Waals surface area contributed by atoms with Gasteiger partial charge >= 0.3 is 0 Å². The molecule has 0 spiro atoms. The molecule has 0 unspecified atom stereocenters. The van der Waals surface area contributed by atoms with E-state index in [1.807, 2.05) is 6.92 Å². The fraction of sp³-hybridized carbons (Fsp3) is 0.562. The smallest absolute Gasteiger partial charge is 0.251 e. The molecule has 2 aliphatic rings. The highest BCUT2D eigenvalue weighted by Crippen LogP contribution is 2.44. The van der Waals surface area contributed by atoms with Crippen LogP contribution in [0.25, 0.3) is 0 Å². The highest BCUT2D eigenvalue weighted by molar-refractivity contribution is 6.32. The molecule has 108 valence electrons. The second-order valence-corrected chi connectivity index (χ2v) is 6.24. The average molecular weight is 294 g/mol. The summed E-state index contributed by atoms with van der Waals surface area (Å²) in [5, 5.41) is 3.66. The maximum Gasteiger partial charge on any atom is 0.251 e. The molecule has 0 radical (unpaired) electrons. The zero-order valence-electron chi connectivity index (χ0n) is 11.7. The molecule has 1 aromatic carbocycles. The Morgan fingerprint density at radius 2 is 2.25 bits per heavy atom. The van der Waals surface area contributed by atoms with E-state index >= 15 is 0 Å². The Labute approximate surface area is 124 Å². The summed E-state index contributed by atoms with van der Waals surface area (Å²) < 4.78 is 5.38. The molecule has 0 aliphatic heterocycles. The first kappa shape index (κ1) is 13.7. The quantitative estimate of drug-likeness (QED) is 0.920. The number of nitrogens with one attached hydrogen (secondary N) is 1. The molecular weight excluding hydrogens is 274 g/mol. The molecule has 3 nitrogen and oxygen atoms in total. The van der Waals surface area contributed by atoms with Crippen molar-refractivity contribution in [2.24, 2.45) is 11.8 Å². The maximum atomic E-state index is 12.3. The Morgan fingerprint density at radius 3 is 2.85 bits per heavy atom. The SMILES string of the molecule is CCOc1ccc(C(=O)N[C@@H]2C[C@H]3CC[C@@H]2C3)cc1Cl. The summed E-state index contributed by atoms with van der Waals surface area (Å²) in [6, 6.07) is 5.59. The molecule has 1 N–H and O–H groups in total. The van der Waals surface area contributed by atoms with E-state index in [0.29, 0.717) is 34.9 Å². The summed E-state index contributed by atoms with van der Waals surface area (Å²) in [7, 11) is 0. The van der Waals surface area contributed by atoms with Crippen molar-refractivity contribution in [1.29, 1.82) is 0 Å². The lowest BCUT2D eigenvalue weighted by molar-refractivity contribution is 0.0923. The van der Waals surface area contributed by atoms with Gasteiger partial charge in [-0.05, 0) is 56.2 Å². The van der Waals surface area contributed by atoms with Crippen LogP contribution >= 0.6 is 11.6 Å². The molecule has 1 aromatic rings. The standard InChI is InChI=1S/C16H20ClNO2/c1-2-20-15-6-5-12(9-13(15)17)16(19)18-14-8-10-3-4-11(14)7-10/h5-6,9-11,14H,2-4,7-8H2,1H3,(H,18,19)/t10-,11+,14+/m0/s1. The van der Waals surface area contributed by atoms with Crippen LogP contribution in [-0.2, 0) is 0 Å². The lowest BCUT2D eigenvalue weighted by Crippen LogP contribution is -2.38. The van der Waals surface area contributed by atoms with Gasteiger partial charge in [0.2, 0.25) is 0 Å². The molecular formula is C16H20ClNO2. The van der Waals surface area contributed by atoms with E-state index in [2.05, 4.69) is 5.32 Å². The Bertz CT molecular complexity index is 517. The number of rotatable bonds is 4. The predicted molar refractivity (Wildman–Crippen MR) is 79.3 cm³/mol. The number of carbonyl (C=O) groups is 1. The topological polar surface area (TPSA) is 38.3 Å². The van der Waals surface area contributed by atoms with Gasteiger partial charge in [0.15, 0.2) is 0 Å². The number of hydrogen-bond acceptors (Lipinski definition) is 2. The van der Waals surface area contributed by atoms with Crippen LogP contribution in [0.15, 0.2) is 18.2 Å². The molecule has 3 rings (SSSR count). The van der Waals surface area contributed by atoms with Crippen LogP contribution in [0.1, 0.15) is 43.0 Å². The molecule has 3 atom stereocenters. The molecule has 0 saturated heterocycles. The van der Waals surface area contributed by atoms with Crippen molar-refractivity contribution >= 4 is 17.5 Å². The first-order chi connectivity index (χ1) is 9.67. The fourth-order valence-electron chi connectivity index (χ4n) is 3.59. The Balaban J connectivity index is 1.66. The summed E-state index contributed by atoms with van der Waals surface area (Å²) in [5.41, 5.74) is 0.612. The molecule has 2 bridgehead atoms. The molecule has 4 heteroatoms. The number of halogens is 1.